The van der Waals surface area contributed by atoms with Crippen molar-refractivity contribution < 1.29 is 4.48 Å². The summed E-state index contributed by atoms with van der Waals surface area (Å²) < 4.78 is 0.941. The van der Waals surface area contributed by atoms with Gasteiger partial charge in [-0.1, -0.05) is 51.9 Å². The van der Waals surface area contributed by atoms with Gasteiger partial charge in [0.15, 0.2) is 0 Å². The average molecular weight is 226 g/mol. The summed E-state index contributed by atoms with van der Waals surface area (Å²) in [7, 11) is 6.60. The Morgan fingerprint density at radius 3 is 1.75 bits per heavy atom. The lowest BCUT2D eigenvalue weighted by Crippen LogP contribution is -2.26. The first-order valence-corrected chi connectivity index (χ1v) is 7.05. The van der Waals surface area contributed by atoms with Crippen LogP contribution >= 0.6 is 0 Å². The molecule has 0 spiro atoms. The van der Waals surface area contributed by atoms with Crippen molar-refractivity contribution in [2.75, 3.05) is 21.1 Å². The minimum Gasteiger partial charge on any atom is -0.305 e. The van der Waals surface area contributed by atoms with E-state index in [1.165, 1.54) is 57.8 Å². The van der Waals surface area contributed by atoms with Gasteiger partial charge in [0.2, 0.25) is 0 Å². The fraction of sp³-hybridized carbons (Fsp3) is 0.867. The molecule has 0 aromatic rings. The fourth-order valence-corrected chi connectivity index (χ4v) is 1.79. The number of quaternary nitrogens is 1. The molecule has 0 aliphatic carbocycles. The predicted octanol–water partition coefficient (Wildman–Crippen LogP) is 4.74. The molecule has 1 heteroatoms. The average Bonchev–Trinajstić information content (AvgIpc) is 2.19. The maximum Gasteiger partial charge on any atom is 0.0911 e. The first kappa shape index (κ1) is 15.7. The van der Waals surface area contributed by atoms with Gasteiger partial charge in [-0.3, -0.25) is 0 Å². The minimum atomic E-state index is 0.941. The molecule has 1 nitrogen and oxygen atoms in total. The maximum absolute atomic E-state index is 2.33. The van der Waals surface area contributed by atoms with E-state index in [-0.39, 0.29) is 0 Å². The van der Waals surface area contributed by atoms with Crippen LogP contribution in [0.4, 0.5) is 0 Å². The van der Waals surface area contributed by atoms with Gasteiger partial charge >= 0.3 is 0 Å². The number of allylic oxidation sites excluding steroid dienone is 1. The molecular formula is C15H32N+. The molecule has 0 rings (SSSR count). The maximum atomic E-state index is 2.33. The van der Waals surface area contributed by atoms with Crippen molar-refractivity contribution in [3.8, 4) is 0 Å². The highest BCUT2D eigenvalue weighted by atomic mass is 15.3. The van der Waals surface area contributed by atoms with E-state index >= 15 is 0 Å². The molecule has 0 atom stereocenters. The monoisotopic (exact) mass is 226 g/mol. The third-order valence-electron chi connectivity index (χ3n) is 2.78. The molecule has 96 valence electrons. The number of hydrogen-bond acceptors (Lipinski definition) is 0. The summed E-state index contributed by atoms with van der Waals surface area (Å²) in [6.45, 7) is 2.28. The van der Waals surface area contributed by atoms with E-state index in [0.29, 0.717) is 0 Å². The van der Waals surface area contributed by atoms with E-state index in [1.807, 2.05) is 0 Å². The largest absolute Gasteiger partial charge is 0.305 e. The first-order chi connectivity index (χ1) is 7.56. The van der Waals surface area contributed by atoms with Crippen molar-refractivity contribution in [2.45, 2.75) is 64.7 Å². The molecule has 16 heavy (non-hydrogen) atoms. The van der Waals surface area contributed by atoms with Crippen molar-refractivity contribution in [1.29, 1.82) is 0 Å². The molecule has 0 N–H and O–H groups in total. The summed E-state index contributed by atoms with van der Waals surface area (Å²) >= 11 is 0. The quantitative estimate of drug-likeness (QED) is 0.373. The fourth-order valence-electron chi connectivity index (χ4n) is 1.79. The van der Waals surface area contributed by atoms with Crippen molar-refractivity contribution in [3.63, 3.8) is 0 Å². The van der Waals surface area contributed by atoms with Gasteiger partial charge in [0.1, 0.15) is 0 Å². The van der Waals surface area contributed by atoms with Crippen molar-refractivity contribution >= 4 is 0 Å². The number of unbranched alkanes of at least 4 members (excludes halogenated alkanes) is 8. The standard InChI is InChI=1S/C15H32N/c1-5-6-7-8-9-10-11-12-13-14-15-16(2,3)4/h14-15H,5-13H2,1-4H3/q+1/b15-14+. The molecule has 0 aromatic carbocycles. The van der Waals surface area contributed by atoms with E-state index in [1.54, 1.807) is 0 Å². The molecule has 0 fully saturated rings. The molecule has 0 aliphatic rings. The van der Waals surface area contributed by atoms with Crippen LogP contribution in [0.25, 0.3) is 0 Å². The van der Waals surface area contributed by atoms with E-state index in [2.05, 4.69) is 40.3 Å². The highest BCUT2D eigenvalue weighted by Crippen LogP contribution is 2.09. The normalized spacial score (nSPS) is 12.5. The van der Waals surface area contributed by atoms with Crippen LogP contribution < -0.4 is 0 Å². The predicted molar refractivity (Wildman–Crippen MR) is 74.4 cm³/mol. The van der Waals surface area contributed by atoms with E-state index in [9.17, 15) is 0 Å². The smallest absolute Gasteiger partial charge is 0.0911 e. The van der Waals surface area contributed by atoms with Crippen molar-refractivity contribution in [1.82, 2.24) is 0 Å². The SMILES string of the molecule is CCCCCCCCCC/C=C/[N+](C)(C)C. The van der Waals surface area contributed by atoms with Gasteiger partial charge in [-0.2, -0.15) is 0 Å². The van der Waals surface area contributed by atoms with Gasteiger partial charge in [-0.15, -0.1) is 0 Å². The molecular weight excluding hydrogens is 194 g/mol. The zero-order chi connectivity index (χ0) is 12.3. The third kappa shape index (κ3) is 13.7. The lowest BCUT2D eigenvalue weighted by atomic mass is 10.1. The zero-order valence-corrected chi connectivity index (χ0v) is 12.0. The van der Waals surface area contributed by atoms with Crippen LogP contribution in [-0.4, -0.2) is 25.6 Å². The van der Waals surface area contributed by atoms with Crippen LogP contribution in [0.1, 0.15) is 64.7 Å². The van der Waals surface area contributed by atoms with Gasteiger partial charge in [0.05, 0.1) is 27.3 Å². The highest BCUT2D eigenvalue weighted by molar-refractivity contribution is 4.72. The Morgan fingerprint density at radius 1 is 0.750 bits per heavy atom. The molecule has 0 radical (unpaired) electrons. The summed E-state index contributed by atoms with van der Waals surface area (Å²) in [6, 6.07) is 0. The summed E-state index contributed by atoms with van der Waals surface area (Å²) in [6.07, 6.45) is 17.2. The first-order valence-electron chi connectivity index (χ1n) is 7.05. The second-order valence-electron chi connectivity index (χ2n) is 5.76. The lowest BCUT2D eigenvalue weighted by Gasteiger charge is -2.17. The highest BCUT2D eigenvalue weighted by Gasteiger charge is 1.98. The van der Waals surface area contributed by atoms with E-state index in [0.717, 1.165) is 4.48 Å². The molecule has 0 saturated carbocycles. The van der Waals surface area contributed by atoms with Gasteiger partial charge in [0, 0.05) is 0 Å². The molecule has 0 amide bonds. The molecule has 0 heterocycles. The van der Waals surface area contributed by atoms with Crippen LogP contribution in [0.2, 0.25) is 0 Å². The minimum absolute atomic E-state index is 0.941. The second-order valence-corrected chi connectivity index (χ2v) is 5.76. The van der Waals surface area contributed by atoms with Crippen LogP contribution in [0.5, 0.6) is 0 Å². The van der Waals surface area contributed by atoms with E-state index < -0.39 is 0 Å². The Hall–Kier alpha value is -0.300. The van der Waals surface area contributed by atoms with Gasteiger partial charge in [-0.05, 0) is 18.9 Å². The Labute approximate surface area is 103 Å². The number of rotatable bonds is 10. The van der Waals surface area contributed by atoms with Crippen molar-refractivity contribution in [2.24, 2.45) is 0 Å². The van der Waals surface area contributed by atoms with Gasteiger partial charge < -0.3 is 4.48 Å². The summed E-state index contributed by atoms with van der Waals surface area (Å²) in [4.78, 5) is 0. The lowest BCUT2D eigenvalue weighted by molar-refractivity contribution is -0.817. The molecule has 0 aliphatic heterocycles. The topological polar surface area (TPSA) is 0 Å². The van der Waals surface area contributed by atoms with Crippen LogP contribution in [0, 0.1) is 0 Å². The van der Waals surface area contributed by atoms with Gasteiger partial charge in [0.25, 0.3) is 0 Å². The second kappa shape index (κ2) is 9.89. The molecule has 0 aromatic heterocycles. The zero-order valence-electron chi connectivity index (χ0n) is 12.0. The van der Waals surface area contributed by atoms with E-state index in [4.69, 9.17) is 0 Å². The number of nitrogens with zero attached hydrogens (tertiary/aromatic N) is 1. The third-order valence-corrected chi connectivity index (χ3v) is 2.78. The van der Waals surface area contributed by atoms with Gasteiger partial charge in [-0.25, -0.2) is 0 Å². The van der Waals surface area contributed by atoms with Crippen LogP contribution in [0.15, 0.2) is 12.3 Å². The molecule has 0 unspecified atom stereocenters. The Morgan fingerprint density at radius 2 is 1.25 bits per heavy atom. The Kier molecular flexibility index (Phi) is 9.71. The summed E-state index contributed by atoms with van der Waals surface area (Å²) in [5.41, 5.74) is 0. The van der Waals surface area contributed by atoms with Crippen LogP contribution in [0.3, 0.4) is 0 Å². The Balaban J connectivity index is 3.13. The van der Waals surface area contributed by atoms with Crippen LogP contribution in [-0.2, 0) is 0 Å². The van der Waals surface area contributed by atoms with Crippen molar-refractivity contribution in [3.05, 3.63) is 12.3 Å². The molecule has 0 saturated heterocycles. The number of hydrogen-bond donors (Lipinski definition) is 0. The molecule has 0 bridgehead atoms. The summed E-state index contributed by atoms with van der Waals surface area (Å²) in [5, 5.41) is 0. The Bertz CT molecular complexity index is 165. The summed E-state index contributed by atoms with van der Waals surface area (Å²) in [5.74, 6) is 0.